The first-order valence-electron chi connectivity index (χ1n) is 5.38. The highest BCUT2D eigenvalue weighted by molar-refractivity contribution is 6.33. The fraction of sp³-hybridized carbons (Fsp3) is 0.500. The molecule has 16 heavy (non-hydrogen) atoms. The zero-order valence-corrected chi connectivity index (χ0v) is 10.6. The first kappa shape index (κ1) is 13.0. The molecule has 1 aromatic rings. The van der Waals surface area contributed by atoms with Crippen molar-refractivity contribution in [1.29, 1.82) is 0 Å². The number of rotatable bonds is 4. The Kier molecular flexibility index (Phi) is 4.30. The van der Waals surface area contributed by atoms with E-state index in [2.05, 4.69) is 17.2 Å². The minimum atomic E-state index is -0.210. The molecule has 3 nitrogen and oxygen atoms in total. The molecule has 0 fully saturated rings. The Morgan fingerprint density at radius 2 is 2.25 bits per heavy atom. The van der Waals surface area contributed by atoms with Crippen molar-refractivity contribution in [2.45, 2.75) is 39.2 Å². The molecule has 0 unspecified atom stereocenters. The van der Waals surface area contributed by atoms with Crippen LogP contribution in [0.4, 0.5) is 0 Å². The number of hydrogen-bond acceptors (Lipinski definition) is 2. The number of halogens is 1. The zero-order chi connectivity index (χ0) is 12.2. The lowest BCUT2D eigenvalue weighted by Gasteiger charge is -2.25. The quantitative estimate of drug-likeness (QED) is 0.879. The minimum Gasteiger partial charge on any atom is -0.347 e. The van der Waals surface area contributed by atoms with Gasteiger partial charge in [0.1, 0.15) is 0 Å². The zero-order valence-electron chi connectivity index (χ0n) is 9.88. The second-order valence-corrected chi connectivity index (χ2v) is 4.85. The summed E-state index contributed by atoms with van der Waals surface area (Å²) in [6, 6.07) is 1.62. The normalized spacial score (nSPS) is 11.2. The monoisotopic (exact) mass is 240 g/mol. The lowest BCUT2D eigenvalue weighted by Crippen LogP contribution is -2.43. The maximum Gasteiger partial charge on any atom is 0.253 e. The molecular formula is C12H17ClN2O. The first-order chi connectivity index (χ1) is 7.46. The lowest BCUT2D eigenvalue weighted by atomic mass is 9.98. The van der Waals surface area contributed by atoms with Crippen LogP contribution in [0.15, 0.2) is 18.5 Å². The maximum absolute atomic E-state index is 11.9. The molecule has 0 aliphatic heterocycles. The minimum absolute atomic E-state index is 0.147. The molecular weight excluding hydrogens is 224 g/mol. The smallest absolute Gasteiger partial charge is 0.253 e. The van der Waals surface area contributed by atoms with Crippen molar-refractivity contribution in [2.75, 3.05) is 0 Å². The average Bonchev–Trinajstić information content (AvgIpc) is 2.17. The third-order valence-electron chi connectivity index (χ3n) is 2.34. The van der Waals surface area contributed by atoms with Crippen LogP contribution in [0.25, 0.3) is 0 Å². The fourth-order valence-corrected chi connectivity index (χ4v) is 1.83. The van der Waals surface area contributed by atoms with Crippen LogP contribution < -0.4 is 5.32 Å². The highest BCUT2D eigenvalue weighted by Crippen LogP contribution is 2.16. The number of amides is 1. The van der Waals surface area contributed by atoms with Crippen LogP contribution in [-0.2, 0) is 0 Å². The van der Waals surface area contributed by atoms with Gasteiger partial charge in [-0.05, 0) is 26.3 Å². The van der Waals surface area contributed by atoms with Crippen molar-refractivity contribution >= 4 is 17.5 Å². The van der Waals surface area contributed by atoms with Gasteiger partial charge in [0, 0.05) is 17.9 Å². The number of carbonyl (C=O) groups is 1. The molecule has 0 saturated heterocycles. The number of aromatic nitrogens is 1. The van der Waals surface area contributed by atoms with Gasteiger partial charge >= 0.3 is 0 Å². The molecule has 4 heteroatoms. The first-order valence-corrected chi connectivity index (χ1v) is 5.76. The molecule has 0 bridgehead atoms. The van der Waals surface area contributed by atoms with E-state index in [0.717, 1.165) is 12.8 Å². The number of hydrogen-bond donors (Lipinski definition) is 1. The molecule has 1 amide bonds. The molecule has 0 atom stereocenters. The summed E-state index contributed by atoms with van der Waals surface area (Å²) in [7, 11) is 0. The van der Waals surface area contributed by atoms with Crippen molar-refractivity contribution in [3.8, 4) is 0 Å². The summed E-state index contributed by atoms with van der Waals surface area (Å²) in [4.78, 5) is 15.8. The van der Waals surface area contributed by atoms with E-state index in [4.69, 9.17) is 11.6 Å². The summed E-state index contributed by atoms with van der Waals surface area (Å²) in [6.45, 7) is 6.10. The van der Waals surface area contributed by atoms with Gasteiger partial charge in [0.15, 0.2) is 0 Å². The van der Waals surface area contributed by atoms with Crippen molar-refractivity contribution < 1.29 is 4.79 Å². The van der Waals surface area contributed by atoms with E-state index in [9.17, 15) is 4.79 Å². The molecule has 1 aromatic heterocycles. The van der Waals surface area contributed by atoms with Crippen LogP contribution in [0.1, 0.15) is 44.0 Å². The largest absolute Gasteiger partial charge is 0.347 e. The average molecular weight is 241 g/mol. The number of pyridine rings is 1. The Hall–Kier alpha value is -1.09. The lowest BCUT2D eigenvalue weighted by molar-refractivity contribution is 0.0909. The van der Waals surface area contributed by atoms with Gasteiger partial charge in [-0.25, -0.2) is 0 Å². The summed E-state index contributed by atoms with van der Waals surface area (Å²) >= 11 is 5.90. The summed E-state index contributed by atoms with van der Waals surface area (Å²) in [5.74, 6) is -0.147. The van der Waals surface area contributed by atoms with E-state index >= 15 is 0 Å². The Balaban J connectivity index is 2.77. The third kappa shape index (κ3) is 3.49. The molecule has 0 aliphatic rings. The van der Waals surface area contributed by atoms with Gasteiger partial charge in [0.2, 0.25) is 0 Å². The summed E-state index contributed by atoms with van der Waals surface area (Å²) in [6.07, 6.45) is 5.00. The fourth-order valence-electron chi connectivity index (χ4n) is 1.62. The molecule has 0 aliphatic carbocycles. The van der Waals surface area contributed by atoms with Crippen molar-refractivity contribution in [3.05, 3.63) is 29.0 Å². The second-order valence-electron chi connectivity index (χ2n) is 4.44. The van der Waals surface area contributed by atoms with Crippen LogP contribution in [0.3, 0.4) is 0 Å². The highest BCUT2D eigenvalue weighted by atomic mass is 35.5. The van der Waals surface area contributed by atoms with Gasteiger partial charge in [-0.1, -0.05) is 24.9 Å². The molecule has 0 radical (unpaired) electrons. The van der Waals surface area contributed by atoms with Crippen LogP contribution in [-0.4, -0.2) is 16.4 Å². The highest BCUT2D eigenvalue weighted by Gasteiger charge is 2.21. The molecule has 88 valence electrons. The van der Waals surface area contributed by atoms with Crippen molar-refractivity contribution in [3.63, 3.8) is 0 Å². The molecule has 0 saturated carbocycles. The molecule has 1 N–H and O–H groups in total. The van der Waals surface area contributed by atoms with Crippen LogP contribution in [0.5, 0.6) is 0 Å². The Morgan fingerprint density at radius 1 is 1.56 bits per heavy atom. The van der Waals surface area contributed by atoms with Gasteiger partial charge in [0.25, 0.3) is 5.91 Å². The van der Waals surface area contributed by atoms with Crippen molar-refractivity contribution in [1.82, 2.24) is 10.3 Å². The molecule has 1 rings (SSSR count). The topological polar surface area (TPSA) is 42.0 Å². The summed E-state index contributed by atoms with van der Waals surface area (Å²) in [5, 5.41) is 3.34. The van der Waals surface area contributed by atoms with Gasteiger partial charge in [-0.2, -0.15) is 0 Å². The van der Waals surface area contributed by atoms with E-state index in [-0.39, 0.29) is 11.4 Å². The standard InChI is InChI=1S/C12H17ClN2O/c1-4-6-12(2,3)15-11(16)9-5-7-14-8-10(9)13/h5,7-8H,4,6H2,1-3H3,(H,15,16). The van der Waals surface area contributed by atoms with Gasteiger partial charge in [0.05, 0.1) is 10.6 Å². The van der Waals surface area contributed by atoms with Crippen molar-refractivity contribution in [2.24, 2.45) is 0 Å². The summed E-state index contributed by atoms with van der Waals surface area (Å²) < 4.78 is 0. The van der Waals surface area contributed by atoms with E-state index in [1.807, 2.05) is 13.8 Å². The Morgan fingerprint density at radius 3 is 2.81 bits per heavy atom. The van der Waals surface area contributed by atoms with Gasteiger partial charge in [-0.15, -0.1) is 0 Å². The Bertz CT molecular complexity index is 377. The van der Waals surface area contributed by atoms with Gasteiger partial charge in [-0.3, -0.25) is 9.78 Å². The van der Waals surface area contributed by atoms with Gasteiger partial charge < -0.3 is 5.32 Å². The summed E-state index contributed by atoms with van der Waals surface area (Å²) in [5.41, 5.74) is 0.263. The molecule has 0 spiro atoms. The van der Waals surface area contributed by atoms with E-state index < -0.39 is 0 Å². The molecule has 0 aromatic carbocycles. The van der Waals surface area contributed by atoms with Crippen LogP contribution >= 0.6 is 11.6 Å². The second kappa shape index (κ2) is 5.30. The van der Waals surface area contributed by atoms with Crippen LogP contribution in [0, 0.1) is 0 Å². The Labute approximate surface area is 101 Å². The maximum atomic E-state index is 11.9. The predicted molar refractivity (Wildman–Crippen MR) is 65.7 cm³/mol. The van der Waals surface area contributed by atoms with E-state index in [1.165, 1.54) is 6.20 Å². The number of nitrogens with zero attached hydrogens (tertiary/aromatic N) is 1. The molecule has 1 heterocycles. The predicted octanol–water partition coefficient (Wildman–Crippen LogP) is 3.04. The van der Waals surface area contributed by atoms with Crippen LogP contribution in [0.2, 0.25) is 5.02 Å². The van der Waals surface area contributed by atoms with E-state index in [0.29, 0.717) is 10.6 Å². The SMILES string of the molecule is CCCC(C)(C)NC(=O)c1ccncc1Cl. The number of nitrogens with one attached hydrogen (secondary N) is 1. The third-order valence-corrected chi connectivity index (χ3v) is 2.65. The van der Waals surface area contributed by atoms with E-state index in [1.54, 1.807) is 12.3 Å². The number of carbonyl (C=O) groups excluding carboxylic acids is 1.